The number of esters is 1. The van der Waals surface area contributed by atoms with E-state index in [1.54, 1.807) is 12.1 Å². The predicted molar refractivity (Wildman–Crippen MR) is 103 cm³/mol. The molecule has 0 heterocycles. The van der Waals surface area contributed by atoms with Gasteiger partial charge in [-0.15, -0.1) is 0 Å². The first-order chi connectivity index (χ1) is 12.3. The van der Waals surface area contributed by atoms with Crippen LogP contribution in [0, 0.1) is 20.8 Å². The van der Waals surface area contributed by atoms with Crippen LogP contribution in [0.15, 0.2) is 36.4 Å². The Balaban J connectivity index is 1.61. The molecule has 3 rings (SSSR count). The second kappa shape index (κ2) is 7.12. The second-order valence-electron chi connectivity index (χ2n) is 6.99. The number of ether oxygens (including phenoxy) is 1. The lowest BCUT2D eigenvalue weighted by molar-refractivity contribution is -0.150. The maximum atomic E-state index is 12.5. The molecule has 1 aliphatic rings. The third-order valence-electron chi connectivity index (χ3n) is 4.81. The summed E-state index contributed by atoms with van der Waals surface area (Å²) in [4.78, 5) is 24.7. The van der Waals surface area contributed by atoms with E-state index in [9.17, 15) is 9.59 Å². The molecular weight excluding hydrogens is 350 g/mol. The van der Waals surface area contributed by atoms with Crippen LogP contribution in [0.25, 0.3) is 0 Å². The minimum absolute atomic E-state index is 0.291. The van der Waals surface area contributed by atoms with E-state index in [-0.39, 0.29) is 18.5 Å². The molecule has 26 heavy (non-hydrogen) atoms. The molecule has 1 aliphatic carbocycles. The van der Waals surface area contributed by atoms with Gasteiger partial charge in [0.2, 0.25) is 0 Å². The minimum Gasteiger partial charge on any atom is -0.455 e. The Morgan fingerprint density at radius 2 is 1.65 bits per heavy atom. The van der Waals surface area contributed by atoms with Crippen molar-refractivity contribution in [3.8, 4) is 0 Å². The van der Waals surface area contributed by atoms with E-state index in [1.165, 1.54) is 0 Å². The Bertz CT molecular complexity index is 831. The largest absolute Gasteiger partial charge is 0.455 e. The number of hydrogen-bond acceptors (Lipinski definition) is 3. The molecule has 0 aliphatic heterocycles. The zero-order valence-electron chi connectivity index (χ0n) is 15.2. The van der Waals surface area contributed by atoms with Crippen LogP contribution in [-0.2, 0) is 19.7 Å². The Hall–Kier alpha value is -2.33. The summed E-state index contributed by atoms with van der Waals surface area (Å²) in [5, 5.41) is 3.47. The fourth-order valence-electron chi connectivity index (χ4n) is 3.33. The van der Waals surface area contributed by atoms with Gasteiger partial charge in [-0.3, -0.25) is 9.59 Å². The zero-order chi connectivity index (χ0) is 18.9. The highest BCUT2D eigenvalue weighted by molar-refractivity contribution is 6.30. The first-order valence-corrected chi connectivity index (χ1v) is 9.00. The average Bonchev–Trinajstić information content (AvgIpc) is 3.38. The van der Waals surface area contributed by atoms with Crippen LogP contribution in [0.1, 0.15) is 35.1 Å². The smallest absolute Gasteiger partial charge is 0.317 e. The van der Waals surface area contributed by atoms with Crippen molar-refractivity contribution >= 4 is 29.2 Å². The lowest BCUT2D eigenvalue weighted by Gasteiger charge is -2.16. The molecule has 0 aromatic heterocycles. The highest BCUT2D eigenvalue weighted by atomic mass is 35.5. The number of halogens is 1. The predicted octanol–water partition coefficient (Wildman–Crippen LogP) is 4.48. The minimum atomic E-state index is -0.624. The highest BCUT2D eigenvalue weighted by Gasteiger charge is 2.52. The van der Waals surface area contributed by atoms with Crippen molar-refractivity contribution in [2.45, 2.75) is 39.0 Å². The van der Waals surface area contributed by atoms with E-state index in [2.05, 4.69) is 5.32 Å². The van der Waals surface area contributed by atoms with Gasteiger partial charge in [-0.25, -0.2) is 0 Å². The molecule has 0 saturated heterocycles. The van der Waals surface area contributed by atoms with Crippen molar-refractivity contribution < 1.29 is 14.3 Å². The van der Waals surface area contributed by atoms with Gasteiger partial charge in [0.05, 0.1) is 5.41 Å². The number of benzene rings is 2. The number of rotatable bonds is 5. The molecule has 2 aromatic rings. The van der Waals surface area contributed by atoms with E-state index in [1.807, 2.05) is 45.0 Å². The number of amides is 1. The molecule has 4 nitrogen and oxygen atoms in total. The van der Waals surface area contributed by atoms with Crippen LogP contribution < -0.4 is 5.32 Å². The Morgan fingerprint density at radius 3 is 2.19 bits per heavy atom. The maximum Gasteiger partial charge on any atom is 0.317 e. The van der Waals surface area contributed by atoms with Crippen molar-refractivity contribution in [1.82, 2.24) is 0 Å². The van der Waals surface area contributed by atoms with E-state index in [0.29, 0.717) is 5.02 Å². The molecule has 0 radical (unpaired) electrons. The third kappa shape index (κ3) is 3.75. The van der Waals surface area contributed by atoms with Gasteiger partial charge in [0.1, 0.15) is 0 Å². The lowest BCUT2D eigenvalue weighted by atomic mass is 9.96. The molecule has 0 spiro atoms. The fraction of sp³-hybridized carbons (Fsp3) is 0.333. The third-order valence-corrected chi connectivity index (χ3v) is 5.07. The molecular formula is C21H22ClNO3. The molecule has 1 fully saturated rings. The van der Waals surface area contributed by atoms with E-state index in [0.717, 1.165) is 40.8 Å². The van der Waals surface area contributed by atoms with Crippen molar-refractivity contribution in [3.63, 3.8) is 0 Å². The highest BCUT2D eigenvalue weighted by Crippen LogP contribution is 2.49. The number of carbonyl (C=O) groups is 2. The van der Waals surface area contributed by atoms with Crippen LogP contribution in [0.4, 0.5) is 5.69 Å². The summed E-state index contributed by atoms with van der Waals surface area (Å²) in [5.41, 5.74) is 4.15. The van der Waals surface area contributed by atoms with Crippen molar-refractivity contribution in [2.75, 3.05) is 11.9 Å². The van der Waals surface area contributed by atoms with Gasteiger partial charge in [0, 0.05) is 10.7 Å². The number of aryl methyl sites for hydroxylation is 3. The first-order valence-electron chi connectivity index (χ1n) is 8.63. The van der Waals surface area contributed by atoms with Crippen LogP contribution in [0.3, 0.4) is 0 Å². The monoisotopic (exact) mass is 371 g/mol. The first kappa shape index (κ1) is 18.5. The normalized spacial score (nSPS) is 14.6. The molecule has 136 valence electrons. The van der Waals surface area contributed by atoms with Gasteiger partial charge in [-0.05, 0) is 62.4 Å². The van der Waals surface area contributed by atoms with Gasteiger partial charge in [-0.1, -0.05) is 41.4 Å². The fourth-order valence-corrected chi connectivity index (χ4v) is 3.45. The Kier molecular flexibility index (Phi) is 5.05. The molecule has 5 heteroatoms. The number of nitrogens with one attached hydrogen (secondary N) is 1. The van der Waals surface area contributed by atoms with Crippen LogP contribution in [-0.4, -0.2) is 18.5 Å². The topological polar surface area (TPSA) is 55.4 Å². The summed E-state index contributed by atoms with van der Waals surface area (Å²) in [6.45, 7) is 5.61. The number of hydrogen-bond donors (Lipinski definition) is 1. The molecule has 0 atom stereocenters. The van der Waals surface area contributed by atoms with E-state index >= 15 is 0 Å². The molecule has 1 N–H and O–H groups in total. The second-order valence-corrected chi connectivity index (χ2v) is 7.42. The van der Waals surface area contributed by atoms with E-state index in [4.69, 9.17) is 16.3 Å². The molecule has 0 unspecified atom stereocenters. The molecule has 2 aromatic carbocycles. The number of carbonyl (C=O) groups excluding carboxylic acids is 2. The summed E-state index contributed by atoms with van der Waals surface area (Å²) in [6.07, 6.45) is 1.45. The van der Waals surface area contributed by atoms with Crippen molar-refractivity contribution in [2.24, 2.45) is 0 Å². The zero-order valence-corrected chi connectivity index (χ0v) is 15.9. The van der Waals surface area contributed by atoms with Crippen molar-refractivity contribution in [1.29, 1.82) is 0 Å². The average molecular weight is 372 g/mol. The van der Waals surface area contributed by atoms with Crippen LogP contribution in [0.2, 0.25) is 5.02 Å². The van der Waals surface area contributed by atoms with Gasteiger partial charge >= 0.3 is 5.97 Å². The summed E-state index contributed by atoms with van der Waals surface area (Å²) in [7, 11) is 0. The molecule has 1 amide bonds. The summed E-state index contributed by atoms with van der Waals surface area (Å²) in [6, 6.07) is 11.2. The van der Waals surface area contributed by atoms with Gasteiger partial charge < -0.3 is 10.1 Å². The Morgan fingerprint density at radius 1 is 1.08 bits per heavy atom. The maximum absolute atomic E-state index is 12.5. The number of anilines is 1. The van der Waals surface area contributed by atoms with Crippen LogP contribution in [0.5, 0.6) is 0 Å². The SMILES string of the molecule is Cc1cc(C)c(NC(=O)COC(=O)C2(c3ccc(Cl)cc3)CC2)c(C)c1. The molecule has 0 bridgehead atoms. The van der Waals surface area contributed by atoms with E-state index < -0.39 is 5.41 Å². The van der Waals surface area contributed by atoms with Gasteiger partial charge in [-0.2, -0.15) is 0 Å². The Labute approximate surface area is 158 Å². The van der Waals surface area contributed by atoms with Crippen molar-refractivity contribution in [3.05, 3.63) is 63.7 Å². The van der Waals surface area contributed by atoms with Crippen LogP contribution >= 0.6 is 11.6 Å². The summed E-state index contributed by atoms with van der Waals surface area (Å²) >= 11 is 5.91. The lowest BCUT2D eigenvalue weighted by Crippen LogP contribution is -2.28. The summed E-state index contributed by atoms with van der Waals surface area (Å²) < 4.78 is 5.31. The van der Waals surface area contributed by atoms with Gasteiger partial charge in [0.25, 0.3) is 5.91 Å². The standard InChI is InChI=1S/C21H22ClNO3/c1-13-10-14(2)19(15(3)11-13)23-18(24)12-26-20(25)21(8-9-21)16-4-6-17(22)7-5-16/h4-7,10-11H,8-9,12H2,1-3H3,(H,23,24). The quantitative estimate of drug-likeness (QED) is 0.788. The summed E-state index contributed by atoms with van der Waals surface area (Å²) in [5.74, 6) is -0.687. The van der Waals surface area contributed by atoms with Gasteiger partial charge in [0.15, 0.2) is 6.61 Å². The molecule has 1 saturated carbocycles.